The highest BCUT2D eigenvalue weighted by Gasteiger charge is 2.61. The van der Waals surface area contributed by atoms with Crippen LogP contribution < -0.4 is 5.32 Å². The van der Waals surface area contributed by atoms with Gasteiger partial charge in [0, 0.05) is 11.8 Å². The molecule has 1 N–H and O–H groups in total. The molecular weight excluding hydrogens is 658 g/mol. The standard InChI is InChI=1S/C34H38F6N4O5/c1-6-8-16-31(17-12-18-31)26(45)24-22(33(35,36)37)19-23(41-29(46)49-30(3,4)5)25(42-24)27-43-44-28(48-27)32(15-7-2,34(38,39)40)47-20-21-13-10-9-11-14-21/h6-7,10,13-14,19H,1-2,8-9,11-12,15-18,20H2,3-5H3,(H,41,46). The molecule has 0 aliphatic heterocycles. The van der Waals surface area contributed by atoms with E-state index in [0.29, 0.717) is 50.2 Å². The van der Waals surface area contributed by atoms with Gasteiger partial charge in [-0.2, -0.15) is 26.3 Å². The van der Waals surface area contributed by atoms with Gasteiger partial charge in [-0.1, -0.05) is 36.8 Å². The van der Waals surface area contributed by atoms with Crippen LogP contribution in [0.2, 0.25) is 0 Å². The number of carbonyl (C=O) groups is 2. The van der Waals surface area contributed by atoms with E-state index >= 15 is 0 Å². The Labute approximate surface area is 279 Å². The second kappa shape index (κ2) is 14.3. The van der Waals surface area contributed by atoms with Gasteiger partial charge < -0.3 is 13.9 Å². The minimum absolute atomic E-state index is 0.213. The maximum absolute atomic E-state index is 14.9. The van der Waals surface area contributed by atoms with Crippen molar-refractivity contribution >= 4 is 17.6 Å². The summed E-state index contributed by atoms with van der Waals surface area (Å²) in [6.45, 7) is 11.1. The van der Waals surface area contributed by atoms with Crippen molar-refractivity contribution in [2.45, 2.75) is 95.7 Å². The number of pyridine rings is 1. The van der Waals surface area contributed by atoms with E-state index in [1.165, 1.54) is 20.8 Å². The molecule has 2 aromatic heterocycles. The summed E-state index contributed by atoms with van der Waals surface area (Å²) in [5.41, 5.74) is -8.82. The number of anilines is 1. The molecule has 1 atom stereocenters. The number of allylic oxidation sites excluding steroid dienone is 3. The van der Waals surface area contributed by atoms with Crippen LogP contribution in [0.1, 0.15) is 94.1 Å². The first-order valence-electron chi connectivity index (χ1n) is 15.7. The third-order valence-electron chi connectivity index (χ3n) is 8.22. The monoisotopic (exact) mass is 696 g/mol. The molecule has 49 heavy (non-hydrogen) atoms. The van der Waals surface area contributed by atoms with Crippen LogP contribution in [0.3, 0.4) is 0 Å². The molecule has 0 saturated heterocycles. The molecule has 1 saturated carbocycles. The summed E-state index contributed by atoms with van der Waals surface area (Å²) < 4.78 is 104. The Morgan fingerprint density at radius 1 is 1.06 bits per heavy atom. The van der Waals surface area contributed by atoms with E-state index < -0.39 is 88.3 Å². The maximum atomic E-state index is 14.9. The van der Waals surface area contributed by atoms with E-state index in [9.17, 15) is 35.9 Å². The maximum Gasteiger partial charge on any atom is 0.426 e. The van der Waals surface area contributed by atoms with Crippen molar-refractivity contribution in [2.75, 3.05) is 11.9 Å². The van der Waals surface area contributed by atoms with Crippen LogP contribution in [0.4, 0.5) is 36.8 Å². The molecule has 2 aliphatic carbocycles. The lowest BCUT2D eigenvalue weighted by Gasteiger charge is -2.40. The molecule has 4 rings (SSSR count). The number of hydrogen-bond acceptors (Lipinski definition) is 8. The van der Waals surface area contributed by atoms with Gasteiger partial charge >= 0.3 is 18.4 Å². The number of halogens is 6. The van der Waals surface area contributed by atoms with Gasteiger partial charge in [-0.3, -0.25) is 10.1 Å². The largest absolute Gasteiger partial charge is 0.444 e. The third kappa shape index (κ3) is 8.31. The predicted octanol–water partition coefficient (Wildman–Crippen LogP) is 9.44. The van der Waals surface area contributed by atoms with Crippen molar-refractivity contribution in [3.63, 3.8) is 0 Å². The molecule has 0 radical (unpaired) electrons. The van der Waals surface area contributed by atoms with E-state index in [1.54, 1.807) is 24.3 Å². The van der Waals surface area contributed by atoms with Crippen LogP contribution >= 0.6 is 0 Å². The first-order chi connectivity index (χ1) is 22.9. The normalized spacial score (nSPS) is 17.4. The van der Waals surface area contributed by atoms with Gasteiger partial charge in [-0.25, -0.2) is 9.78 Å². The molecule has 266 valence electrons. The van der Waals surface area contributed by atoms with Crippen LogP contribution in [0, 0.1) is 5.41 Å². The average molecular weight is 697 g/mol. The SMILES string of the molecule is C=CCCC1(C(=O)c2nc(-c3nnc(C(CC=C)(OCC4=CCCC=C4)C(F)(F)F)o3)c(NC(=O)OC(C)(C)C)cc2C(F)(F)F)CCC1. The predicted molar refractivity (Wildman–Crippen MR) is 167 cm³/mol. The zero-order valence-electron chi connectivity index (χ0n) is 27.4. The number of carbonyl (C=O) groups excluding carboxylic acids is 2. The molecule has 0 aromatic carbocycles. The van der Waals surface area contributed by atoms with Crippen LogP contribution in [0.25, 0.3) is 11.6 Å². The number of amides is 1. The molecular formula is C34H38F6N4O5. The first-order valence-corrected chi connectivity index (χ1v) is 15.7. The zero-order valence-corrected chi connectivity index (χ0v) is 27.4. The summed E-state index contributed by atoms with van der Waals surface area (Å²) >= 11 is 0. The highest BCUT2D eigenvalue weighted by molar-refractivity contribution is 6.02. The number of Topliss-reactive ketones (excluding diaryl/α,β-unsaturated/α-hetero) is 1. The fraction of sp³-hybridized carbons (Fsp3) is 0.500. The number of hydrogen-bond donors (Lipinski definition) is 1. The molecule has 1 unspecified atom stereocenters. The van der Waals surface area contributed by atoms with E-state index in [4.69, 9.17) is 13.9 Å². The molecule has 1 fully saturated rings. The number of rotatable bonds is 13. The fourth-order valence-electron chi connectivity index (χ4n) is 5.59. The van der Waals surface area contributed by atoms with E-state index in [1.807, 2.05) is 0 Å². The number of ketones is 1. The minimum Gasteiger partial charge on any atom is -0.444 e. The van der Waals surface area contributed by atoms with Gasteiger partial charge in [-0.15, -0.1) is 23.4 Å². The van der Waals surface area contributed by atoms with Crippen molar-refractivity contribution in [3.8, 4) is 11.6 Å². The van der Waals surface area contributed by atoms with E-state index in [-0.39, 0.29) is 6.42 Å². The lowest BCUT2D eigenvalue weighted by atomic mass is 9.62. The zero-order chi connectivity index (χ0) is 36.3. The molecule has 2 aliphatic rings. The Bertz CT molecular complexity index is 1630. The second-order valence-electron chi connectivity index (χ2n) is 13.0. The second-order valence-corrected chi connectivity index (χ2v) is 13.0. The van der Waals surface area contributed by atoms with Crippen LogP contribution in [0.5, 0.6) is 0 Å². The topological polar surface area (TPSA) is 116 Å². The lowest BCUT2D eigenvalue weighted by Crippen LogP contribution is -2.45. The molecule has 1 amide bonds. The van der Waals surface area contributed by atoms with Gasteiger partial charge in [0.2, 0.25) is 5.60 Å². The minimum atomic E-state index is -5.14. The van der Waals surface area contributed by atoms with Gasteiger partial charge in [0.25, 0.3) is 11.8 Å². The van der Waals surface area contributed by atoms with Gasteiger partial charge in [0.05, 0.1) is 17.9 Å². The van der Waals surface area contributed by atoms with Crippen LogP contribution in [0.15, 0.2) is 59.6 Å². The molecule has 2 aromatic rings. The van der Waals surface area contributed by atoms with Crippen molar-refractivity contribution in [2.24, 2.45) is 5.41 Å². The Morgan fingerprint density at radius 3 is 2.31 bits per heavy atom. The summed E-state index contributed by atoms with van der Waals surface area (Å²) in [5, 5.41) is 9.47. The van der Waals surface area contributed by atoms with E-state index in [0.717, 1.165) is 6.08 Å². The van der Waals surface area contributed by atoms with Gasteiger partial charge in [-0.05, 0) is 70.9 Å². The quantitative estimate of drug-likeness (QED) is 0.125. The molecule has 9 nitrogen and oxygen atoms in total. The molecule has 15 heteroatoms. The molecule has 0 bridgehead atoms. The first kappa shape index (κ1) is 37.5. The summed E-state index contributed by atoms with van der Waals surface area (Å²) in [6, 6.07) is 0.461. The van der Waals surface area contributed by atoms with Crippen LogP contribution in [-0.4, -0.2) is 45.4 Å². The van der Waals surface area contributed by atoms with Gasteiger partial charge in [0.1, 0.15) is 11.3 Å². The fourth-order valence-corrected chi connectivity index (χ4v) is 5.59. The summed E-state index contributed by atoms with van der Waals surface area (Å²) in [7, 11) is 0. The van der Waals surface area contributed by atoms with Crippen LogP contribution in [-0.2, 0) is 21.3 Å². The highest BCUT2D eigenvalue weighted by atomic mass is 19.4. The summed E-state index contributed by atoms with van der Waals surface area (Å²) in [5.74, 6) is -2.81. The number of aromatic nitrogens is 3. The number of alkyl halides is 6. The summed E-state index contributed by atoms with van der Waals surface area (Å²) in [6.07, 6.45) is -1.65. The van der Waals surface area contributed by atoms with Crippen molar-refractivity contribution in [3.05, 3.63) is 72.3 Å². The highest BCUT2D eigenvalue weighted by Crippen LogP contribution is 2.50. The Hall–Kier alpha value is -4.27. The Kier molecular flexibility index (Phi) is 11.0. The van der Waals surface area contributed by atoms with Gasteiger partial charge in [0.15, 0.2) is 11.5 Å². The lowest BCUT2D eigenvalue weighted by molar-refractivity contribution is -0.289. The average Bonchev–Trinajstić information content (AvgIpc) is 3.47. The van der Waals surface area contributed by atoms with Crippen molar-refractivity contribution < 1.29 is 49.8 Å². The van der Waals surface area contributed by atoms with E-state index in [2.05, 4.69) is 33.7 Å². The summed E-state index contributed by atoms with van der Waals surface area (Å²) in [4.78, 5) is 30.7. The molecule has 2 heterocycles. The smallest absolute Gasteiger partial charge is 0.426 e. The molecule has 0 spiro atoms. The third-order valence-corrected chi connectivity index (χ3v) is 8.22. The van der Waals surface area contributed by atoms with Crippen molar-refractivity contribution in [1.82, 2.24) is 15.2 Å². The van der Waals surface area contributed by atoms with Crippen molar-refractivity contribution in [1.29, 1.82) is 0 Å². The Balaban J connectivity index is 1.90. The Morgan fingerprint density at radius 2 is 1.78 bits per heavy atom. The number of ether oxygens (including phenoxy) is 2. The number of nitrogens with one attached hydrogen (secondary N) is 1. The number of nitrogens with zero attached hydrogens (tertiary/aromatic N) is 3.